The fourth-order valence-electron chi connectivity index (χ4n) is 6.10. The summed E-state index contributed by atoms with van der Waals surface area (Å²) in [6, 6.07) is 15.8. The summed E-state index contributed by atoms with van der Waals surface area (Å²) < 4.78 is 21.2. The Balaban J connectivity index is 1.36. The summed E-state index contributed by atoms with van der Waals surface area (Å²) in [7, 11) is 3.69. The lowest BCUT2D eigenvalue weighted by atomic mass is 9.85. The van der Waals surface area contributed by atoms with Crippen molar-refractivity contribution in [3.8, 4) is 11.5 Å². The number of methoxy groups -OCH3 is 1. The maximum atomic E-state index is 13.8. The van der Waals surface area contributed by atoms with Crippen molar-refractivity contribution in [3.05, 3.63) is 82.8 Å². The number of urea groups is 1. The molecule has 2 aromatic carbocycles. The van der Waals surface area contributed by atoms with E-state index in [4.69, 9.17) is 13.9 Å². The molecular formula is C40H58N6O4Si. The second-order valence-electron chi connectivity index (χ2n) is 17.0. The van der Waals surface area contributed by atoms with Gasteiger partial charge in [0.1, 0.15) is 17.6 Å². The number of carbonyl (C=O) groups excluding carboxylic acids is 1. The van der Waals surface area contributed by atoms with E-state index in [1.165, 1.54) is 0 Å². The van der Waals surface area contributed by atoms with Crippen LogP contribution >= 0.6 is 0 Å². The first-order valence-corrected chi connectivity index (χ1v) is 20.8. The van der Waals surface area contributed by atoms with Crippen LogP contribution in [0.3, 0.4) is 0 Å². The van der Waals surface area contributed by atoms with Crippen molar-refractivity contribution in [1.29, 1.82) is 0 Å². The normalized spacial score (nSPS) is 17.0. The molecule has 0 aliphatic heterocycles. The number of amides is 2. The van der Waals surface area contributed by atoms with Crippen molar-refractivity contribution >= 4 is 25.7 Å². The second-order valence-corrected chi connectivity index (χ2v) is 21.9. The van der Waals surface area contributed by atoms with Gasteiger partial charge in [-0.25, -0.2) is 4.79 Å². The maximum absolute atomic E-state index is 13.8. The predicted molar refractivity (Wildman–Crippen MR) is 207 cm³/mol. The third-order valence-electron chi connectivity index (χ3n) is 10.9. The molecule has 1 aliphatic rings. The Morgan fingerprint density at radius 3 is 2.27 bits per heavy atom. The number of ether oxygens (including phenoxy) is 2. The molecule has 4 aromatic rings. The SMILES string of the molecule is COc1c(CO[Si](C)(C)C(C)(C)C)cc(C(C)(C)C)cc1NC(=O)N[C@H]1CC[C@@H](Oc2ccc3nnc(C(C)(C)N(C)C)n3c2)c2ccccc21. The molecule has 2 heterocycles. The number of carbonyl (C=O) groups is 1. The zero-order valence-electron chi connectivity index (χ0n) is 32.9. The van der Waals surface area contributed by atoms with Gasteiger partial charge in [0.05, 0.1) is 37.2 Å². The fourth-order valence-corrected chi connectivity index (χ4v) is 7.05. The lowest BCUT2D eigenvalue weighted by Gasteiger charge is -2.36. The predicted octanol–water partition coefficient (Wildman–Crippen LogP) is 9.13. The van der Waals surface area contributed by atoms with E-state index in [1.807, 2.05) is 55.0 Å². The number of hydrogen-bond donors (Lipinski definition) is 2. The molecular weight excluding hydrogens is 657 g/mol. The molecule has 10 nitrogen and oxygen atoms in total. The molecule has 0 saturated carbocycles. The maximum Gasteiger partial charge on any atom is 0.319 e. The van der Waals surface area contributed by atoms with E-state index in [1.54, 1.807) is 7.11 Å². The number of aromatic nitrogens is 3. The van der Waals surface area contributed by atoms with E-state index >= 15 is 0 Å². The minimum absolute atomic E-state index is 0.0704. The van der Waals surface area contributed by atoms with Crippen LogP contribution in [0.25, 0.3) is 5.65 Å². The number of fused-ring (bicyclic) bond motifs is 2. The third-order valence-corrected chi connectivity index (χ3v) is 15.4. The zero-order chi connectivity index (χ0) is 37.5. The topological polar surface area (TPSA) is 102 Å². The summed E-state index contributed by atoms with van der Waals surface area (Å²) >= 11 is 0. The number of benzene rings is 2. The van der Waals surface area contributed by atoms with Gasteiger partial charge < -0.3 is 24.5 Å². The standard InChI is InChI=1S/C40H58N6O4Si/c1-38(2,3)27-22-26(25-49-51(12,13)39(4,5)6)35(48-11)32(23-27)42-37(47)41-31-19-20-33(30-17-15-14-16-29(30)31)50-28-18-21-34-43-44-36(46(34)24-28)40(7,8)45(9)10/h14-18,21-24,31,33H,19-20,25H2,1-13H3,(H2,41,42,47)/t31-,33+/m0/s1. The van der Waals surface area contributed by atoms with Gasteiger partial charge in [-0.1, -0.05) is 65.8 Å². The van der Waals surface area contributed by atoms with E-state index < -0.39 is 8.32 Å². The van der Waals surface area contributed by atoms with Crippen LogP contribution in [0.2, 0.25) is 18.1 Å². The van der Waals surface area contributed by atoms with E-state index in [2.05, 4.69) is 112 Å². The highest BCUT2D eigenvalue weighted by molar-refractivity contribution is 6.74. The van der Waals surface area contributed by atoms with Crippen molar-refractivity contribution < 1.29 is 18.7 Å². The molecule has 0 fully saturated rings. The first-order valence-electron chi connectivity index (χ1n) is 17.9. The van der Waals surface area contributed by atoms with Crippen LogP contribution in [0.5, 0.6) is 11.5 Å². The smallest absolute Gasteiger partial charge is 0.319 e. The number of hydrogen-bond acceptors (Lipinski definition) is 7. The average molecular weight is 715 g/mol. The highest BCUT2D eigenvalue weighted by Crippen LogP contribution is 2.42. The summed E-state index contributed by atoms with van der Waals surface area (Å²) in [5.41, 5.74) is 5.05. The minimum Gasteiger partial charge on any atom is -0.494 e. The molecule has 11 heteroatoms. The van der Waals surface area contributed by atoms with Gasteiger partial charge in [0.25, 0.3) is 0 Å². The Hall–Kier alpha value is -3.93. The highest BCUT2D eigenvalue weighted by atomic mass is 28.4. The van der Waals surface area contributed by atoms with E-state index in [0.717, 1.165) is 45.9 Å². The van der Waals surface area contributed by atoms with Gasteiger partial charge in [0, 0.05) is 5.56 Å². The van der Waals surface area contributed by atoms with Gasteiger partial charge in [-0.05, 0) is 105 Å². The van der Waals surface area contributed by atoms with Crippen molar-refractivity contribution in [2.24, 2.45) is 0 Å². The molecule has 2 N–H and O–H groups in total. The lowest BCUT2D eigenvalue weighted by Crippen LogP contribution is -2.40. The monoisotopic (exact) mass is 714 g/mol. The van der Waals surface area contributed by atoms with Crippen molar-refractivity contribution in [1.82, 2.24) is 24.8 Å². The number of nitrogens with zero attached hydrogens (tertiary/aromatic N) is 4. The molecule has 0 bridgehead atoms. The van der Waals surface area contributed by atoms with E-state index in [-0.39, 0.29) is 34.2 Å². The number of nitrogens with one attached hydrogen (secondary N) is 2. The molecule has 5 rings (SSSR count). The van der Waals surface area contributed by atoms with Gasteiger partial charge in [0.2, 0.25) is 0 Å². The van der Waals surface area contributed by atoms with Crippen LogP contribution in [0.1, 0.15) is 108 Å². The van der Waals surface area contributed by atoms with Crippen molar-refractivity contribution in [3.63, 3.8) is 0 Å². The number of rotatable bonds is 10. The van der Waals surface area contributed by atoms with Gasteiger partial charge in [0.15, 0.2) is 19.8 Å². The van der Waals surface area contributed by atoms with Gasteiger partial charge in [-0.15, -0.1) is 10.2 Å². The Morgan fingerprint density at radius 2 is 1.65 bits per heavy atom. The summed E-state index contributed by atoms with van der Waals surface area (Å²) in [5, 5.41) is 15.4. The van der Waals surface area contributed by atoms with Crippen LogP contribution in [0.4, 0.5) is 10.5 Å². The van der Waals surface area contributed by atoms with Crippen LogP contribution < -0.4 is 20.1 Å². The summed E-state index contributed by atoms with van der Waals surface area (Å²) in [6.07, 6.45) is 3.25. The summed E-state index contributed by atoms with van der Waals surface area (Å²) in [4.78, 5) is 15.9. The van der Waals surface area contributed by atoms with Crippen LogP contribution in [0, 0.1) is 0 Å². The second kappa shape index (κ2) is 14.2. The largest absolute Gasteiger partial charge is 0.494 e. The summed E-state index contributed by atoms with van der Waals surface area (Å²) in [6.45, 7) is 22.4. The van der Waals surface area contributed by atoms with Crippen LogP contribution in [0.15, 0.2) is 54.7 Å². The van der Waals surface area contributed by atoms with Gasteiger partial charge in [-0.2, -0.15) is 0 Å². The average Bonchev–Trinajstić information content (AvgIpc) is 3.48. The lowest BCUT2D eigenvalue weighted by molar-refractivity contribution is 0.170. The zero-order valence-corrected chi connectivity index (χ0v) is 33.9. The molecule has 0 spiro atoms. The first-order chi connectivity index (χ1) is 23.7. The quantitative estimate of drug-likeness (QED) is 0.158. The Bertz CT molecular complexity index is 1870. The third kappa shape index (κ3) is 8.10. The molecule has 2 amide bonds. The van der Waals surface area contributed by atoms with E-state index in [9.17, 15) is 4.79 Å². The van der Waals surface area contributed by atoms with Crippen molar-refractivity contribution in [2.45, 2.75) is 116 Å². The highest BCUT2D eigenvalue weighted by Gasteiger charge is 2.38. The Labute approximate surface area is 305 Å². The molecule has 0 saturated heterocycles. The van der Waals surface area contributed by atoms with Crippen LogP contribution in [-0.2, 0) is 22.0 Å². The number of anilines is 1. The van der Waals surface area contributed by atoms with Crippen LogP contribution in [-0.4, -0.2) is 55.1 Å². The first kappa shape index (κ1) is 38.3. The summed E-state index contributed by atoms with van der Waals surface area (Å²) in [5.74, 6) is 2.20. The molecule has 2 aromatic heterocycles. The molecule has 276 valence electrons. The molecule has 1 aliphatic carbocycles. The fraction of sp³-hybridized carbons (Fsp3) is 0.525. The minimum atomic E-state index is -2.03. The van der Waals surface area contributed by atoms with Gasteiger partial charge >= 0.3 is 6.03 Å². The molecule has 0 radical (unpaired) electrons. The van der Waals surface area contributed by atoms with E-state index in [0.29, 0.717) is 24.5 Å². The van der Waals surface area contributed by atoms with Crippen molar-refractivity contribution in [2.75, 3.05) is 26.5 Å². The molecule has 0 unspecified atom stereocenters. The number of pyridine rings is 1. The van der Waals surface area contributed by atoms with Gasteiger partial charge in [-0.3, -0.25) is 9.30 Å². The molecule has 2 atom stereocenters. The Morgan fingerprint density at radius 1 is 0.961 bits per heavy atom. The Kier molecular flexibility index (Phi) is 10.7. The molecule has 51 heavy (non-hydrogen) atoms.